The van der Waals surface area contributed by atoms with Gasteiger partial charge in [-0.1, -0.05) is 12.1 Å². The lowest BCUT2D eigenvalue weighted by Crippen LogP contribution is -1.95. The molecule has 0 aliphatic carbocycles. The number of thiophene rings is 1. The van der Waals surface area contributed by atoms with Crippen LogP contribution < -0.4 is 0 Å². The Hall–Kier alpha value is -2.40. The van der Waals surface area contributed by atoms with E-state index in [0.717, 1.165) is 15.5 Å². The molecule has 1 heterocycles. The topological polar surface area (TPSA) is 74.6 Å². The molecule has 2 aromatic carbocycles. The Labute approximate surface area is 111 Å². The van der Waals surface area contributed by atoms with Crippen molar-refractivity contribution in [3.8, 4) is 0 Å². The molecule has 0 fully saturated rings. The highest BCUT2D eigenvalue weighted by atomic mass is 32.1. The first-order valence-corrected chi connectivity index (χ1v) is 6.31. The summed E-state index contributed by atoms with van der Waals surface area (Å²) >= 11 is 1.36. The molecule has 0 spiro atoms. The van der Waals surface area contributed by atoms with Gasteiger partial charge in [-0.15, -0.1) is 11.3 Å². The monoisotopic (exact) mass is 272 g/mol. The van der Waals surface area contributed by atoms with E-state index in [1.54, 1.807) is 24.3 Å². The molecule has 0 amide bonds. The average molecular weight is 272 g/mol. The van der Waals surface area contributed by atoms with Crippen molar-refractivity contribution in [3.05, 3.63) is 47.5 Å². The Morgan fingerprint density at radius 3 is 2.42 bits per heavy atom. The fourth-order valence-electron chi connectivity index (χ4n) is 2.10. The van der Waals surface area contributed by atoms with Gasteiger partial charge in [-0.05, 0) is 24.3 Å². The minimum atomic E-state index is -0.990. The van der Waals surface area contributed by atoms with Crippen molar-refractivity contribution >= 4 is 43.4 Å². The normalized spacial score (nSPS) is 10.9. The molecule has 0 unspecified atom stereocenters. The Balaban J connectivity index is 2.43. The van der Waals surface area contributed by atoms with Gasteiger partial charge < -0.3 is 10.2 Å². The number of carboxylic acids is 2. The average Bonchev–Trinajstić information content (AvgIpc) is 2.75. The molecule has 0 saturated carbocycles. The van der Waals surface area contributed by atoms with Crippen LogP contribution in [0.1, 0.15) is 20.7 Å². The number of hydrogen-bond donors (Lipinski definition) is 2. The van der Waals surface area contributed by atoms with Gasteiger partial charge in [0.25, 0.3) is 0 Å². The minimum absolute atomic E-state index is 0.202. The molecule has 0 aliphatic rings. The van der Waals surface area contributed by atoms with Gasteiger partial charge in [0.1, 0.15) is 0 Å². The van der Waals surface area contributed by atoms with Gasteiger partial charge in [0, 0.05) is 15.5 Å². The molecule has 3 aromatic rings. The van der Waals surface area contributed by atoms with Gasteiger partial charge in [-0.3, -0.25) is 0 Å². The maximum Gasteiger partial charge on any atom is 0.337 e. The number of rotatable bonds is 2. The van der Waals surface area contributed by atoms with Crippen LogP contribution >= 0.6 is 11.3 Å². The van der Waals surface area contributed by atoms with E-state index in [-0.39, 0.29) is 11.1 Å². The Bertz CT molecular complexity index is 832. The molecule has 0 saturated heterocycles. The van der Waals surface area contributed by atoms with Gasteiger partial charge in [0.15, 0.2) is 0 Å². The van der Waals surface area contributed by atoms with Crippen LogP contribution in [0.3, 0.4) is 0 Å². The van der Waals surface area contributed by atoms with Gasteiger partial charge >= 0.3 is 11.9 Å². The van der Waals surface area contributed by atoms with Crippen LogP contribution in [0.15, 0.2) is 36.4 Å². The van der Waals surface area contributed by atoms with Crippen LogP contribution in [-0.4, -0.2) is 22.2 Å². The lowest BCUT2D eigenvalue weighted by Gasteiger charge is -1.97. The molecule has 0 bridgehead atoms. The lowest BCUT2D eigenvalue weighted by molar-refractivity contribution is 0.0687. The molecule has 5 heteroatoms. The smallest absolute Gasteiger partial charge is 0.337 e. The van der Waals surface area contributed by atoms with E-state index < -0.39 is 11.9 Å². The van der Waals surface area contributed by atoms with Crippen LogP contribution in [0.5, 0.6) is 0 Å². The highest BCUT2D eigenvalue weighted by molar-refractivity contribution is 7.26. The number of hydrogen-bond acceptors (Lipinski definition) is 3. The Kier molecular flexibility index (Phi) is 2.50. The Morgan fingerprint density at radius 1 is 0.947 bits per heavy atom. The van der Waals surface area contributed by atoms with Crippen LogP contribution in [-0.2, 0) is 0 Å². The number of fused-ring (bicyclic) bond motifs is 3. The second-order valence-corrected chi connectivity index (χ2v) is 5.16. The third kappa shape index (κ3) is 1.75. The zero-order valence-electron chi connectivity index (χ0n) is 9.58. The summed E-state index contributed by atoms with van der Waals surface area (Å²) < 4.78 is 1.56. The van der Waals surface area contributed by atoms with Crippen molar-refractivity contribution in [3.63, 3.8) is 0 Å². The van der Waals surface area contributed by atoms with E-state index in [0.29, 0.717) is 4.70 Å². The maximum absolute atomic E-state index is 11.2. The SMILES string of the molecule is O=C(O)c1ccc2sc3c(C(=O)O)cccc3c2c1. The first-order chi connectivity index (χ1) is 9.08. The Morgan fingerprint density at radius 2 is 1.74 bits per heavy atom. The largest absolute Gasteiger partial charge is 0.478 e. The highest BCUT2D eigenvalue weighted by Gasteiger charge is 2.14. The predicted molar refractivity (Wildman–Crippen MR) is 73.2 cm³/mol. The van der Waals surface area contributed by atoms with Crippen LogP contribution in [0.2, 0.25) is 0 Å². The van der Waals surface area contributed by atoms with Crippen molar-refractivity contribution in [1.29, 1.82) is 0 Å². The summed E-state index contributed by atoms with van der Waals surface area (Å²) in [6.45, 7) is 0. The fraction of sp³-hybridized carbons (Fsp3) is 0. The number of carboxylic acid groups (broad SMARTS) is 2. The van der Waals surface area contributed by atoms with Gasteiger partial charge in [0.05, 0.1) is 15.8 Å². The number of aromatic carboxylic acids is 2. The molecule has 4 nitrogen and oxygen atoms in total. The molecule has 0 aliphatic heterocycles. The molecule has 19 heavy (non-hydrogen) atoms. The van der Waals surface area contributed by atoms with E-state index in [4.69, 9.17) is 10.2 Å². The molecule has 0 radical (unpaired) electrons. The zero-order chi connectivity index (χ0) is 13.6. The molecule has 1 aromatic heterocycles. The third-order valence-electron chi connectivity index (χ3n) is 2.97. The summed E-state index contributed by atoms with van der Waals surface area (Å²) in [4.78, 5) is 22.2. The predicted octanol–water partition coefficient (Wildman–Crippen LogP) is 3.45. The third-order valence-corrected chi connectivity index (χ3v) is 4.19. The van der Waals surface area contributed by atoms with Crippen LogP contribution in [0.25, 0.3) is 20.2 Å². The quantitative estimate of drug-likeness (QED) is 0.749. The molecule has 94 valence electrons. The van der Waals surface area contributed by atoms with E-state index >= 15 is 0 Å². The number of carbonyl (C=O) groups is 2. The van der Waals surface area contributed by atoms with Crippen LogP contribution in [0.4, 0.5) is 0 Å². The summed E-state index contributed by atoms with van der Waals surface area (Å²) in [5, 5.41) is 19.7. The standard InChI is InChI=1S/C14H8O4S/c15-13(16)7-4-5-11-10(6-7)8-2-1-3-9(14(17)18)12(8)19-11/h1-6H,(H,15,16)(H,17,18). The minimum Gasteiger partial charge on any atom is -0.478 e. The van der Waals surface area contributed by atoms with E-state index in [1.807, 2.05) is 6.07 Å². The highest BCUT2D eigenvalue weighted by Crippen LogP contribution is 2.36. The van der Waals surface area contributed by atoms with Crippen molar-refractivity contribution in [1.82, 2.24) is 0 Å². The molecular weight excluding hydrogens is 264 g/mol. The van der Waals surface area contributed by atoms with Crippen molar-refractivity contribution < 1.29 is 19.8 Å². The first-order valence-electron chi connectivity index (χ1n) is 5.50. The lowest BCUT2D eigenvalue weighted by atomic mass is 10.1. The summed E-state index contributed by atoms with van der Waals surface area (Å²) in [6.07, 6.45) is 0. The summed E-state index contributed by atoms with van der Waals surface area (Å²) in [7, 11) is 0. The van der Waals surface area contributed by atoms with Crippen molar-refractivity contribution in [2.75, 3.05) is 0 Å². The first kappa shape index (κ1) is 11.7. The van der Waals surface area contributed by atoms with Gasteiger partial charge in [-0.2, -0.15) is 0 Å². The van der Waals surface area contributed by atoms with E-state index in [9.17, 15) is 9.59 Å². The molecule has 2 N–H and O–H groups in total. The molecular formula is C14H8O4S. The molecule has 3 rings (SSSR count). The van der Waals surface area contributed by atoms with Crippen molar-refractivity contribution in [2.45, 2.75) is 0 Å². The van der Waals surface area contributed by atoms with Gasteiger partial charge in [0.2, 0.25) is 0 Å². The number of benzene rings is 2. The second kappa shape index (κ2) is 4.07. The fourth-order valence-corrected chi connectivity index (χ4v) is 3.29. The summed E-state index contributed by atoms with van der Waals surface area (Å²) in [6, 6.07) is 9.87. The summed E-state index contributed by atoms with van der Waals surface area (Å²) in [5.41, 5.74) is 0.448. The van der Waals surface area contributed by atoms with Gasteiger partial charge in [-0.25, -0.2) is 9.59 Å². The van der Waals surface area contributed by atoms with E-state index in [1.165, 1.54) is 17.4 Å². The molecule has 0 atom stereocenters. The second-order valence-electron chi connectivity index (χ2n) is 4.11. The van der Waals surface area contributed by atoms with E-state index in [2.05, 4.69) is 0 Å². The summed E-state index contributed by atoms with van der Waals surface area (Å²) in [5.74, 6) is -1.97. The maximum atomic E-state index is 11.2. The zero-order valence-corrected chi connectivity index (χ0v) is 10.4. The van der Waals surface area contributed by atoms with Crippen molar-refractivity contribution in [2.24, 2.45) is 0 Å². The van der Waals surface area contributed by atoms with Crippen LogP contribution in [0, 0.1) is 0 Å².